The predicted octanol–water partition coefficient (Wildman–Crippen LogP) is 2.98. The lowest BCUT2D eigenvalue weighted by atomic mass is 9.89. The highest BCUT2D eigenvalue weighted by atomic mass is 79.9. The third-order valence-corrected chi connectivity index (χ3v) is 3.34. The normalized spacial score (nSPS) is 11.7. The number of rotatable bonds is 2. The van der Waals surface area contributed by atoms with E-state index in [0.717, 1.165) is 21.5 Å². The summed E-state index contributed by atoms with van der Waals surface area (Å²) in [6.07, 6.45) is 3.72. The highest BCUT2D eigenvalue weighted by Crippen LogP contribution is 2.31. The van der Waals surface area contributed by atoms with Crippen molar-refractivity contribution in [3.63, 3.8) is 0 Å². The molecule has 0 saturated carbocycles. The molecule has 102 valence electrons. The van der Waals surface area contributed by atoms with E-state index < -0.39 is 0 Å². The fourth-order valence-corrected chi connectivity index (χ4v) is 2.27. The van der Waals surface area contributed by atoms with Gasteiger partial charge in [-0.05, 0) is 15.9 Å². The first-order chi connectivity index (χ1) is 8.82. The van der Waals surface area contributed by atoms with Gasteiger partial charge in [-0.15, -0.1) is 0 Å². The fourth-order valence-electron chi connectivity index (χ4n) is 1.88. The van der Waals surface area contributed by atoms with Crippen LogP contribution in [-0.2, 0) is 12.5 Å². The molecule has 2 rings (SSSR count). The van der Waals surface area contributed by atoms with E-state index in [2.05, 4.69) is 57.1 Å². The third-order valence-electron chi connectivity index (χ3n) is 2.76. The summed E-state index contributed by atoms with van der Waals surface area (Å²) in [5, 5.41) is 7.59. The van der Waals surface area contributed by atoms with E-state index in [0.29, 0.717) is 5.82 Å². The van der Waals surface area contributed by atoms with E-state index in [-0.39, 0.29) is 5.41 Å². The summed E-state index contributed by atoms with van der Waals surface area (Å²) in [5.41, 5.74) is 1.92. The molecule has 0 aliphatic heterocycles. The molecule has 0 saturated heterocycles. The maximum atomic E-state index is 4.54. The van der Waals surface area contributed by atoms with Crippen LogP contribution in [0.3, 0.4) is 0 Å². The van der Waals surface area contributed by atoms with Crippen LogP contribution in [0.25, 0.3) is 11.4 Å². The van der Waals surface area contributed by atoms with Crippen molar-refractivity contribution in [1.82, 2.24) is 19.7 Å². The molecule has 0 radical (unpaired) electrons. The largest absolute Gasteiger partial charge is 0.372 e. The molecule has 2 heterocycles. The monoisotopic (exact) mass is 323 g/mol. The average Bonchev–Trinajstić information content (AvgIpc) is 2.72. The second kappa shape index (κ2) is 4.92. The lowest BCUT2D eigenvalue weighted by Crippen LogP contribution is -2.14. The van der Waals surface area contributed by atoms with E-state index >= 15 is 0 Å². The molecule has 5 nitrogen and oxygen atoms in total. The second-order valence-electron chi connectivity index (χ2n) is 5.46. The number of aromatic nitrogens is 4. The van der Waals surface area contributed by atoms with Crippen molar-refractivity contribution in [3.8, 4) is 11.4 Å². The van der Waals surface area contributed by atoms with Gasteiger partial charge in [0.1, 0.15) is 5.82 Å². The topological polar surface area (TPSA) is 55.6 Å². The standard InChI is InChI=1S/C13H18BrN5/c1-13(2,3)10-8(7-19(5)18-10)11-16-6-9(14)12(15-4)17-11/h6-7H,1-5H3,(H,15,16,17). The summed E-state index contributed by atoms with van der Waals surface area (Å²) < 4.78 is 2.65. The Morgan fingerprint density at radius 2 is 2.00 bits per heavy atom. The summed E-state index contributed by atoms with van der Waals surface area (Å²) >= 11 is 3.42. The van der Waals surface area contributed by atoms with Crippen molar-refractivity contribution in [1.29, 1.82) is 0 Å². The highest BCUT2D eigenvalue weighted by molar-refractivity contribution is 9.10. The van der Waals surface area contributed by atoms with Gasteiger partial charge in [-0.1, -0.05) is 20.8 Å². The maximum Gasteiger partial charge on any atom is 0.165 e. The molecule has 0 bridgehead atoms. The van der Waals surface area contributed by atoms with Gasteiger partial charge in [0.05, 0.1) is 15.7 Å². The van der Waals surface area contributed by atoms with Gasteiger partial charge in [0, 0.05) is 31.9 Å². The van der Waals surface area contributed by atoms with Crippen LogP contribution in [0.1, 0.15) is 26.5 Å². The van der Waals surface area contributed by atoms with Crippen molar-refractivity contribution in [3.05, 3.63) is 22.6 Å². The minimum atomic E-state index is -0.0488. The second-order valence-corrected chi connectivity index (χ2v) is 6.31. The van der Waals surface area contributed by atoms with Gasteiger partial charge in [-0.3, -0.25) is 4.68 Å². The molecular weight excluding hydrogens is 306 g/mol. The Balaban J connectivity index is 2.59. The lowest BCUT2D eigenvalue weighted by molar-refractivity contribution is 0.554. The molecule has 1 N–H and O–H groups in total. The van der Waals surface area contributed by atoms with Crippen molar-refractivity contribution >= 4 is 21.7 Å². The molecule has 0 aliphatic rings. The smallest absolute Gasteiger partial charge is 0.165 e. The van der Waals surface area contributed by atoms with Crippen LogP contribution in [0.4, 0.5) is 5.82 Å². The van der Waals surface area contributed by atoms with Crippen molar-refractivity contribution < 1.29 is 0 Å². The Labute approximate surface area is 121 Å². The van der Waals surface area contributed by atoms with Gasteiger partial charge in [-0.25, -0.2) is 9.97 Å². The highest BCUT2D eigenvalue weighted by Gasteiger charge is 2.24. The Morgan fingerprint density at radius 1 is 1.32 bits per heavy atom. The first kappa shape index (κ1) is 14.0. The Kier molecular flexibility index (Phi) is 3.62. The Bertz CT molecular complexity index is 598. The first-order valence-corrected chi connectivity index (χ1v) is 6.87. The predicted molar refractivity (Wildman–Crippen MR) is 80.2 cm³/mol. The first-order valence-electron chi connectivity index (χ1n) is 6.07. The van der Waals surface area contributed by atoms with Crippen LogP contribution in [0.5, 0.6) is 0 Å². The number of halogens is 1. The average molecular weight is 324 g/mol. The van der Waals surface area contributed by atoms with Gasteiger partial charge in [0.2, 0.25) is 0 Å². The van der Waals surface area contributed by atoms with Crippen molar-refractivity contribution in [2.24, 2.45) is 7.05 Å². The number of anilines is 1. The zero-order valence-electron chi connectivity index (χ0n) is 11.8. The molecule has 0 fully saturated rings. The minimum absolute atomic E-state index is 0.0488. The van der Waals surface area contributed by atoms with Crippen LogP contribution in [-0.4, -0.2) is 26.8 Å². The molecule has 0 aromatic carbocycles. The van der Waals surface area contributed by atoms with E-state index in [1.165, 1.54) is 0 Å². The van der Waals surface area contributed by atoms with Crippen LogP contribution < -0.4 is 5.32 Å². The zero-order chi connectivity index (χ0) is 14.2. The maximum absolute atomic E-state index is 4.54. The number of hydrogen-bond acceptors (Lipinski definition) is 4. The molecule has 19 heavy (non-hydrogen) atoms. The fraction of sp³-hybridized carbons (Fsp3) is 0.462. The van der Waals surface area contributed by atoms with E-state index in [1.54, 1.807) is 10.9 Å². The van der Waals surface area contributed by atoms with Gasteiger partial charge >= 0.3 is 0 Å². The summed E-state index contributed by atoms with van der Waals surface area (Å²) in [4.78, 5) is 8.92. The molecule has 2 aromatic rings. The SMILES string of the molecule is CNc1nc(-c2cn(C)nc2C(C)(C)C)ncc1Br. The molecule has 0 aliphatic carbocycles. The molecule has 0 unspecified atom stereocenters. The molecular formula is C13H18BrN5. The third kappa shape index (κ3) is 2.78. The molecule has 0 atom stereocenters. The van der Waals surface area contributed by atoms with Crippen molar-refractivity contribution in [2.75, 3.05) is 12.4 Å². The summed E-state index contributed by atoms with van der Waals surface area (Å²) in [7, 11) is 3.75. The Hall–Kier alpha value is -1.43. The number of aryl methyl sites for hydroxylation is 1. The minimum Gasteiger partial charge on any atom is -0.372 e. The molecule has 6 heteroatoms. The van der Waals surface area contributed by atoms with Gasteiger partial charge in [0.15, 0.2) is 5.82 Å². The lowest BCUT2D eigenvalue weighted by Gasteiger charge is -2.17. The Morgan fingerprint density at radius 3 is 2.58 bits per heavy atom. The summed E-state index contributed by atoms with van der Waals surface area (Å²) in [5.74, 6) is 1.46. The number of nitrogens with one attached hydrogen (secondary N) is 1. The summed E-state index contributed by atoms with van der Waals surface area (Å²) in [6.45, 7) is 6.41. The molecule has 0 spiro atoms. The van der Waals surface area contributed by atoms with E-state index in [9.17, 15) is 0 Å². The van der Waals surface area contributed by atoms with Crippen LogP contribution in [0, 0.1) is 0 Å². The van der Waals surface area contributed by atoms with E-state index in [1.807, 2.05) is 20.3 Å². The van der Waals surface area contributed by atoms with Gasteiger partial charge < -0.3 is 5.32 Å². The van der Waals surface area contributed by atoms with Gasteiger partial charge in [-0.2, -0.15) is 5.10 Å². The van der Waals surface area contributed by atoms with Gasteiger partial charge in [0.25, 0.3) is 0 Å². The molecule has 0 amide bonds. The van der Waals surface area contributed by atoms with Crippen molar-refractivity contribution in [2.45, 2.75) is 26.2 Å². The molecule has 2 aromatic heterocycles. The van der Waals surface area contributed by atoms with E-state index in [4.69, 9.17) is 0 Å². The quantitative estimate of drug-likeness (QED) is 0.923. The van der Waals surface area contributed by atoms with Crippen LogP contribution >= 0.6 is 15.9 Å². The van der Waals surface area contributed by atoms with Crippen LogP contribution in [0.15, 0.2) is 16.9 Å². The summed E-state index contributed by atoms with van der Waals surface area (Å²) in [6, 6.07) is 0. The number of hydrogen-bond donors (Lipinski definition) is 1. The number of nitrogens with zero attached hydrogens (tertiary/aromatic N) is 4. The van der Waals surface area contributed by atoms with Crippen LogP contribution in [0.2, 0.25) is 0 Å². The zero-order valence-corrected chi connectivity index (χ0v) is 13.4.